The third-order valence-corrected chi connectivity index (χ3v) is 3.03. The molecule has 3 rings (SSSR count). The number of nitrogens with zero attached hydrogens (tertiary/aromatic N) is 3. The Morgan fingerprint density at radius 1 is 1.16 bits per heavy atom. The molecule has 0 spiro atoms. The predicted octanol–water partition coefficient (Wildman–Crippen LogP) is 2.40. The zero-order valence-electron chi connectivity index (χ0n) is 11.1. The van der Waals surface area contributed by atoms with Crippen LogP contribution in [-0.4, -0.2) is 29.0 Å². The number of pyridine rings is 1. The number of fused-ring (bicyclic) bond motifs is 1. The zero-order chi connectivity index (χ0) is 13.2. The van der Waals surface area contributed by atoms with Crippen LogP contribution in [0.2, 0.25) is 0 Å². The lowest BCUT2D eigenvalue weighted by molar-refractivity contribution is 0.507. The molecule has 5 nitrogen and oxygen atoms in total. The number of hydrogen-bond donors (Lipinski definition) is 1. The number of imidazole rings is 1. The summed E-state index contributed by atoms with van der Waals surface area (Å²) in [6.07, 6.45) is 3.35. The van der Waals surface area contributed by atoms with Crippen LogP contribution in [0.1, 0.15) is 11.6 Å². The molecule has 19 heavy (non-hydrogen) atoms. The Labute approximate surface area is 111 Å². The standard InChI is InChI=1S/C14H16N4O/c1-18(2)13-8-6-11-14(17-13)16-12(15-11)7-5-10-4-3-9-19-10/h3-4,6,8-9H,5,7H2,1-2H3,(H,15,16,17). The van der Waals surface area contributed by atoms with Gasteiger partial charge in [0.25, 0.3) is 0 Å². The van der Waals surface area contributed by atoms with Gasteiger partial charge in [-0.3, -0.25) is 0 Å². The van der Waals surface area contributed by atoms with Crippen LogP contribution in [0.3, 0.4) is 0 Å². The fraction of sp³-hybridized carbons (Fsp3) is 0.286. The topological polar surface area (TPSA) is 58.0 Å². The van der Waals surface area contributed by atoms with Crippen LogP contribution in [0, 0.1) is 0 Å². The van der Waals surface area contributed by atoms with Gasteiger partial charge in [-0.1, -0.05) is 0 Å². The monoisotopic (exact) mass is 256 g/mol. The predicted molar refractivity (Wildman–Crippen MR) is 74.3 cm³/mol. The van der Waals surface area contributed by atoms with Crippen molar-refractivity contribution < 1.29 is 4.42 Å². The highest BCUT2D eigenvalue weighted by Crippen LogP contribution is 2.15. The third kappa shape index (κ3) is 2.45. The molecular weight excluding hydrogens is 240 g/mol. The van der Waals surface area contributed by atoms with Gasteiger partial charge in [0.15, 0.2) is 5.65 Å². The maximum Gasteiger partial charge on any atom is 0.179 e. The van der Waals surface area contributed by atoms with Crippen molar-refractivity contribution in [3.8, 4) is 0 Å². The zero-order valence-corrected chi connectivity index (χ0v) is 11.1. The minimum atomic E-state index is 0.764. The van der Waals surface area contributed by atoms with Crippen molar-refractivity contribution in [1.29, 1.82) is 0 Å². The molecule has 0 saturated heterocycles. The molecule has 0 bridgehead atoms. The van der Waals surface area contributed by atoms with Gasteiger partial charge in [0.2, 0.25) is 0 Å². The third-order valence-electron chi connectivity index (χ3n) is 3.03. The van der Waals surface area contributed by atoms with E-state index >= 15 is 0 Å². The van der Waals surface area contributed by atoms with Crippen molar-refractivity contribution in [2.75, 3.05) is 19.0 Å². The van der Waals surface area contributed by atoms with Crippen LogP contribution >= 0.6 is 0 Å². The van der Waals surface area contributed by atoms with Gasteiger partial charge >= 0.3 is 0 Å². The van der Waals surface area contributed by atoms with Crippen molar-refractivity contribution in [3.05, 3.63) is 42.1 Å². The SMILES string of the molecule is CN(C)c1ccc2[nH]c(CCc3ccco3)nc2n1. The second-order valence-electron chi connectivity index (χ2n) is 4.70. The first-order chi connectivity index (χ1) is 9.22. The van der Waals surface area contributed by atoms with Crippen molar-refractivity contribution in [1.82, 2.24) is 15.0 Å². The molecule has 0 saturated carbocycles. The summed E-state index contributed by atoms with van der Waals surface area (Å²) in [5.41, 5.74) is 1.74. The molecule has 0 fully saturated rings. The molecule has 0 atom stereocenters. The lowest BCUT2D eigenvalue weighted by Gasteiger charge is -2.09. The quantitative estimate of drug-likeness (QED) is 0.778. The molecule has 0 aliphatic carbocycles. The Morgan fingerprint density at radius 2 is 2.05 bits per heavy atom. The lowest BCUT2D eigenvalue weighted by atomic mass is 10.2. The largest absolute Gasteiger partial charge is 0.469 e. The number of H-pyrrole nitrogens is 1. The molecule has 1 N–H and O–H groups in total. The Morgan fingerprint density at radius 3 is 2.79 bits per heavy atom. The van der Waals surface area contributed by atoms with Crippen molar-refractivity contribution in [3.63, 3.8) is 0 Å². The maximum atomic E-state index is 5.32. The minimum absolute atomic E-state index is 0.764. The van der Waals surface area contributed by atoms with Crippen LogP contribution < -0.4 is 4.90 Å². The van der Waals surface area contributed by atoms with Gasteiger partial charge < -0.3 is 14.3 Å². The van der Waals surface area contributed by atoms with Crippen LogP contribution in [0.25, 0.3) is 11.2 Å². The summed E-state index contributed by atoms with van der Waals surface area (Å²) >= 11 is 0. The normalized spacial score (nSPS) is 11.1. The minimum Gasteiger partial charge on any atom is -0.469 e. The molecule has 98 valence electrons. The summed E-state index contributed by atoms with van der Waals surface area (Å²) in [6.45, 7) is 0. The number of aromatic nitrogens is 3. The second kappa shape index (κ2) is 4.76. The van der Waals surface area contributed by atoms with E-state index in [4.69, 9.17) is 4.42 Å². The molecule has 0 aliphatic rings. The van der Waals surface area contributed by atoms with E-state index in [9.17, 15) is 0 Å². The average Bonchev–Trinajstić information content (AvgIpc) is 3.04. The van der Waals surface area contributed by atoms with Gasteiger partial charge in [0.05, 0.1) is 11.8 Å². The van der Waals surface area contributed by atoms with E-state index in [0.29, 0.717) is 0 Å². The van der Waals surface area contributed by atoms with Gasteiger partial charge in [-0.05, 0) is 24.3 Å². The first-order valence-electron chi connectivity index (χ1n) is 6.28. The number of nitrogens with one attached hydrogen (secondary N) is 1. The number of hydrogen-bond acceptors (Lipinski definition) is 4. The molecule has 0 unspecified atom stereocenters. The second-order valence-corrected chi connectivity index (χ2v) is 4.70. The first-order valence-corrected chi connectivity index (χ1v) is 6.28. The molecule has 3 aromatic rings. The summed E-state index contributed by atoms with van der Waals surface area (Å²) in [4.78, 5) is 14.3. The molecule has 5 heteroatoms. The highest BCUT2D eigenvalue weighted by atomic mass is 16.3. The van der Waals surface area contributed by atoms with E-state index in [1.54, 1.807) is 6.26 Å². The van der Waals surface area contributed by atoms with Crippen LogP contribution in [0.4, 0.5) is 5.82 Å². The van der Waals surface area contributed by atoms with E-state index in [1.807, 2.05) is 43.3 Å². The van der Waals surface area contributed by atoms with Gasteiger partial charge in [0, 0.05) is 26.9 Å². The fourth-order valence-corrected chi connectivity index (χ4v) is 2.00. The van der Waals surface area contributed by atoms with Crippen molar-refractivity contribution in [2.24, 2.45) is 0 Å². The molecule has 0 radical (unpaired) electrons. The summed E-state index contributed by atoms with van der Waals surface area (Å²) in [5, 5.41) is 0. The van der Waals surface area contributed by atoms with Crippen LogP contribution in [0.15, 0.2) is 34.9 Å². The number of rotatable bonds is 4. The summed E-state index contributed by atoms with van der Waals surface area (Å²) in [6, 6.07) is 7.88. The highest BCUT2D eigenvalue weighted by Gasteiger charge is 2.07. The molecule has 0 amide bonds. The van der Waals surface area contributed by atoms with E-state index in [1.165, 1.54) is 0 Å². The summed E-state index contributed by atoms with van der Waals surface area (Å²) in [7, 11) is 3.94. The van der Waals surface area contributed by atoms with Gasteiger partial charge in [-0.2, -0.15) is 0 Å². The average molecular weight is 256 g/mol. The van der Waals surface area contributed by atoms with Crippen LogP contribution in [0.5, 0.6) is 0 Å². The molecule has 3 aromatic heterocycles. The van der Waals surface area contributed by atoms with Gasteiger partial charge in [-0.25, -0.2) is 9.97 Å². The molecule has 3 heterocycles. The smallest absolute Gasteiger partial charge is 0.179 e. The first kappa shape index (κ1) is 11.8. The van der Waals surface area contributed by atoms with E-state index in [-0.39, 0.29) is 0 Å². The lowest BCUT2D eigenvalue weighted by Crippen LogP contribution is -2.10. The van der Waals surface area contributed by atoms with Gasteiger partial charge in [0.1, 0.15) is 17.4 Å². The fourth-order valence-electron chi connectivity index (χ4n) is 2.00. The Kier molecular flexibility index (Phi) is 2.95. The highest BCUT2D eigenvalue weighted by molar-refractivity contribution is 5.73. The summed E-state index contributed by atoms with van der Waals surface area (Å²) in [5.74, 6) is 2.83. The van der Waals surface area contributed by atoms with Crippen molar-refractivity contribution >= 4 is 17.0 Å². The molecular formula is C14H16N4O. The number of anilines is 1. The van der Waals surface area contributed by atoms with Crippen molar-refractivity contribution in [2.45, 2.75) is 12.8 Å². The van der Waals surface area contributed by atoms with Gasteiger partial charge in [-0.15, -0.1) is 0 Å². The Bertz CT molecular complexity index is 670. The number of aromatic amines is 1. The Balaban J connectivity index is 1.81. The number of furan rings is 1. The van der Waals surface area contributed by atoms with E-state index < -0.39 is 0 Å². The number of aryl methyl sites for hydroxylation is 2. The van der Waals surface area contributed by atoms with Crippen LogP contribution in [-0.2, 0) is 12.8 Å². The van der Waals surface area contributed by atoms with E-state index in [0.717, 1.165) is 41.4 Å². The molecule has 0 aromatic carbocycles. The Hall–Kier alpha value is -2.30. The summed E-state index contributed by atoms with van der Waals surface area (Å²) < 4.78 is 5.32. The molecule has 0 aliphatic heterocycles. The van der Waals surface area contributed by atoms with E-state index in [2.05, 4.69) is 15.0 Å². The maximum absolute atomic E-state index is 5.32.